The number of nitrogens with one attached hydrogen (secondary N) is 1. The maximum atomic E-state index is 11.7. The number of fused-ring (bicyclic) bond motifs is 1. The van der Waals surface area contributed by atoms with E-state index in [0.717, 1.165) is 25.3 Å². The zero-order valence-electron chi connectivity index (χ0n) is 10.2. The van der Waals surface area contributed by atoms with E-state index in [-0.39, 0.29) is 11.7 Å². The number of aromatic nitrogens is 2. The molecule has 18 heavy (non-hydrogen) atoms. The van der Waals surface area contributed by atoms with Gasteiger partial charge in [-0.15, -0.1) is 0 Å². The van der Waals surface area contributed by atoms with Gasteiger partial charge in [-0.2, -0.15) is 0 Å². The molecule has 1 aromatic heterocycles. The number of H-pyrrole nitrogens is 1. The molecule has 0 saturated carbocycles. The monoisotopic (exact) mass is 245 g/mol. The summed E-state index contributed by atoms with van der Waals surface area (Å²) in [5.41, 5.74) is 0.559. The lowest BCUT2D eigenvalue weighted by Gasteiger charge is -2.13. The van der Waals surface area contributed by atoms with Crippen molar-refractivity contribution >= 4 is 10.9 Å². The molecule has 1 aliphatic heterocycles. The second-order valence-electron chi connectivity index (χ2n) is 4.70. The van der Waals surface area contributed by atoms with Gasteiger partial charge in [-0.05, 0) is 31.7 Å². The summed E-state index contributed by atoms with van der Waals surface area (Å²) in [6.45, 7) is 1.99. The van der Waals surface area contributed by atoms with Crippen molar-refractivity contribution in [1.82, 2.24) is 14.9 Å². The minimum Gasteiger partial charge on any atom is -0.489 e. The summed E-state index contributed by atoms with van der Waals surface area (Å²) in [7, 11) is 2.08. The van der Waals surface area contributed by atoms with Crippen LogP contribution in [-0.2, 0) is 0 Å². The Morgan fingerprint density at radius 3 is 3.17 bits per heavy atom. The number of likely N-dealkylation sites (tertiary alicyclic amines) is 1. The lowest BCUT2D eigenvalue weighted by atomic mass is 10.2. The highest BCUT2D eigenvalue weighted by Gasteiger charge is 2.20. The maximum Gasteiger partial charge on any atom is 0.258 e. The van der Waals surface area contributed by atoms with Gasteiger partial charge < -0.3 is 14.6 Å². The third-order valence-electron chi connectivity index (χ3n) is 3.26. The molecule has 0 amide bonds. The Balaban J connectivity index is 1.89. The summed E-state index contributed by atoms with van der Waals surface area (Å²) in [6, 6.07) is 5.45. The molecule has 1 saturated heterocycles. The topological polar surface area (TPSA) is 58.2 Å². The molecule has 5 nitrogen and oxygen atoms in total. The summed E-state index contributed by atoms with van der Waals surface area (Å²) in [5.74, 6) is 0.737. The van der Waals surface area contributed by atoms with Crippen molar-refractivity contribution in [3.05, 3.63) is 34.9 Å². The Kier molecular flexibility index (Phi) is 2.76. The molecule has 2 aromatic rings. The normalized spacial score (nSPS) is 20.4. The van der Waals surface area contributed by atoms with Crippen LogP contribution in [0.3, 0.4) is 0 Å². The van der Waals surface area contributed by atoms with Gasteiger partial charge >= 0.3 is 0 Å². The van der Waals surface area contributed by atoms with E-state index < -0.39 is 0 Å². The zero-order valence-corrected chi connectivity index (χ0v) is 10.2. The second-order valence-corrected chi connectivity index (χ2v) is 4.70. The van der Waals surface area contributed by atoms with Crippen molar-refractivity contribution in [2.24, 2.45) is 0 Å². The first-order valence-corrected chi connectivity index (χ1v) is 6.05. The van der Waals surface area contributed by atoms with Gasteiger partial charge in [0.15, 0.2) is 0 Å². The van der Waals surface area contributed by atoms with Crippen LogP contribution >= 0.6 is 0 Å². The van der Waals surface area contributed by atoms with Gasteiger partial charge in [0.25, 0.3) is 5.56 Å². The molecular formula is C13H15N3O2. The minimum atomic E-state index is -0.131. The van der Waals surface area contributed by atoms with Crippen LogP contribution in [0, 0.1) is 0 Å². The Labute approximate surface area is 104 Å². The molecule has 94 valence electrons. The fourth-order valence-corrected chi connectivity index (χ4v) is 2.30. The van der Waals surface area contributed by atoms with Crippen LogP contribution in [0.15, 0.2) is 29.3 Å². The molecule has 0 bridgehead atoms. The fourth-order valence-electron chi connectivity index (χ4n) is 2.30. The third-order valence-corrected chi connectivity index (χ3v) is 3.26. The average Bonchev–Trinajstić information content (AvgIpc) is 2.76. The molecule has 3 rings (SSSR count). The van der Waals surface area contributed by atoms with Gasteiger partial charge in [0.1, 0.15) is 11.9 Å². The molecule has 0 unspecified atom stereocenters. The van der Waals surface area contributed by atoms with Crippen molar-refractivity contribution < 1.29 is 4.74 Å². The van der Waals surface area contributed by atoms with E-state index in [9.17, 15) is 4.79 Å². The molecule has 1 N–H and O–H groups in total. The van der Waals surface area contributed by atoms with Crippen LogP contribution in [0.2, 0.25) is 0 Å². The smallest absolute Gasteiger partial charge is 0.258 e. The minimum absolute atomic E-state index is 0.131. The number of aromatic amines is 1. The van der Waals surface area contributed by atoms with Crippen LogP contribution in [-0.4, -0.2) is 41.1 Å². The SMILES string of the molecule is CN1CC[C@@H](Oc2ccc3nc[nH]c(=O)c3c2)C1. The number of nitrogens with zero attached hydrogens (tertiary/aromatic N) is 2. The summed E-state index contributed by atoms with van der Waals surface area (Å²) < 4.78 is 5.89. The molecule has 0 radical (unpaired) electrons. The first-order chi connectivity index (χ1) is 8.72. The van der Waals surface area contributed by atoms with Crippen molar-refractivity contribution in [2.75, 3.05) is 20.1 Å². The predicted molar refractivity (Wildman–Crippen MR) is 68.9 cm³/mol. The van der Waals surface area contributed by atoms with E-state index in [1.54, 1.807) is 6.07 Å². The average molecular weight is 245 g/mol. The number of hydrogen-bond acceptors (Lipinski definition) is 4. The van der Waals surface area contributed by atoms with Crippen LogP contribution in [0.5, 0.6) is 5.75 Å². The predicted octanol–water partition coefficient (Wildman–Crippen LogP) is 1.01. The Bertz CT molecular complexity index is 623. The second kappa shape index (κ2) is 4.42. The van der Waals surface area contributed by atoms with Gasteiger partial charge in [0.2, 0.25) is 0 Å². The molecule has 5 heteroatoms. The summed E-state index contributed by atoms with van der Waals surface area (Å²) in [4.78, 5) is 20.6. The van der Waals surface area contributed by atoms with Crippen molar-refractivity contribution in [2.45, 2.75) is 12.5 Å². The summed E-state index contributed by atoms with van der Waals surface area (Å²) in [5, 5.41) is 0.571. The van der Waals surface area contributed by atoms with Crippen molar-refractivity contribution in [3.63, 3.8) is 0 Å². The largest absolute Gasteiger partial charge is 0.489 e. The van der Waals surface area contributed by atoms with Gasteiger partial charge in [-0.3, -0.25) is 4.79 Å². The van der Waals surface area contributed by atoms with Crippen molar-refractivity contribution in [1.29, 1.82) is 0 Å². The van der Waals surface area contributed by atoms with Gasteiger partial charge in [0, 0.05) is 13.1 Å². The van der Waals surface area contributed by atoms with Crippen LogP contribution in [0.25, 0.3) is 10.9 Å². The highest BCUT2D eigenvalue weighted by Crippen LogP contribution is 2.20. The van der Waals surface area contributed by atoms with Crippen LogP contribution < -0.4 is 10.3 Å². The Morgan fingerprint density at radius 1 is 1.50 bits per heavy atom. The summed E-state index contributed by atoms with van der Waals surface area (Å²) in [6.07, 6.45) is 2.65. The number of rotatable bonds is 2. The third kappa shape index (κ3) is 2.09. The number of likely N-dealkylation sites (N-methyl/N-ethyl adjacent to an activating group) is 1. The molecule has 0 spiro atoms. The van der Waals surface area contributed by atoms with E-state index in [1.165, 1.54) is 6.33 Å². The van der Waals surface area contributed by atoms with Gasteiger partial charge in [0.05, 0.1) is 17.2 Å². The van der Waals surface area contributed by atoms with Gasteiger partial charge in [-0.25, -0.2) is 4.98 Å². The number of ether oxygens (including phenoxy) is 1. The van der Waals surface area contributed by atoms with E-state index >= 15 is 0 Å². The number of hydrogen-bond donors (Lipinski definition) is 1. The maximum absolute atomic E-state index is 11.7. The van der Waals surface area contributed by atoms with E-state index in [1.807, 2.05) is 12.1 Å². The number of benzene rings is 1. The molecular weight excluding hydrogens is 230 g/mol. The van der Waals surface area contributed by atoms with E-state index in [0.29, 0.717) is 10.9 Å². The van der Waals surface area contributed by atoms with Crippen LogP contribution in [0.4, 0.5) is 0 Å². The summed E-state index contributed by atoms with van der Waals surface area (Å²) >= 11 is 0. The molecule has 0 aliphatic carbocycles. The highest BCUT2D eigenvalue weighted by molar-refractivity contribution is 5.78. The quantitative estimate of drug-likeness (QED) is 0.857. The first kappa shape index (κ1) is 11.2. The molecule has 2 heterocycles. The standard InChI is InChI=1S/C13H15N3O2/c1-16-5-4-10(7-16)18-9-2-3-12-11(6-9)13(17)15-8-14-12/h2-3,6,8,10H,4-5,7H2,1H3,(H,14,15,17)/t10-/m1/s1. The lowest BCUT2D eigenvalue weighted by molar-refractivity contribution is 0.208. The molecule has 1 atom stereocenters. The Hall–Kier alpha value is -1.88. The van der Waals surface area contributed by atoms with Gasteiger partial charge in [-0.1, -0.05) is 0 Å². The Morgan fingerprint density at radius 2 is 2.39 bits per heavy atom. The molecule has 1 aliphatic rings. The van der Waals surface area contributed by atoms with E-state index in [4.69, 9.17) is 4.74 Å². The van der Waals surface area contributed by atoms with E-state index in [2.05, 4.69) is 21.9 Å². The first-order valence-electron chi connectivity index (χ1n) is 6.05. The fraction of sp³-hybridized carbons (Fsp3) is 0.385. The highest BCUT2D eigenvalue weighted by atomic mass is 16.5. The van der Waals surface area contributed by atoms with Crippen LogP contribution in [0.1, 0.15) is 6.42 Å². The lowest BCUT2D eigenvalue weighted by Crippen LogP contribution is -2.21. The zero-order chi connectivity index (χ0) is 12.5. The van der Waals surface area contributed by atoms with Crippen molar-refractivity contribution in [3.8, 4) is 5.75 Å². The molecule has 1 fully saturated rings. The molecule has 1 aromatic carbocycles.